The summed E-state index contributed by atoms with van der Waals surface area (Å²) >= 11 is 0. The van der Waals surface area contributed by atoms with Crippen molar-refractivity contribution in [3.8, 4) is 0 Å². The van der Waals surface area contributed by atoms with Crippen molar-refractivity contribution in [2.24, 2.45) is 0 Å². The Morgan fingerprint density at radius 3 is 2.18 bits per heavy atom. The average Bonchev–Trinajstić information content (AvgIpc) is 2.36. The molecular formula is C17H27NO3S. The van der Waals surface area contributed by atoms with Crippen molar-refractivity contribution >= 4 is 10.0 Å². The molecule has 1 aromatic carbocycles. The number of morpholine rings is 1. The summed E-state index contributed by atoms with van der Waals surface area (Å²) in [5.74, 6) is 0. The molecule has 1 heterocycles. The van der Waals surface area contributed by atoms with Crippen molar-refractivity contribution < 1.29 is 13.2 Å². The SMILES string of the molecule is Cc1ccc(C(C)(C)C)cc1S(=O)(=O)N1CC(C)OC(C)C1. The third-order valence-electron chi connectivity index (χ3n) is 4.06. The van der Waals surface area contributed by atoms with Crippen molar-refractivity contribution in [3.63, 3.8) is 0 Å². The molecule has 124 valence electrons. The fourth-order valence-corrected chi connectivity index (χ4v) is 4.65. The summed E-state index contributed by atoms with van der Waals surface area (Å²) in [6.45, 7) is 12.8. The van der Waals surface area contributed by atoms with Gasteiger partial charge < -0.3 is 4.74 Å². The van der Waals surface area contributed by atoms with Crippen molar-refractivity contribution in [2.45, 2.75) is 64.1 Å². The van der Waals surface area contributed by atoms with E-state index < -0.39 is 10.0 Å². The Bertz CT molecular complexity index is 636. The lowest BCUT2D eigenvalue weighted by atomic mass is 9.87. The standard InChI is InChI=1S/C17H27NO3S/c1-12-7-8-15(17(4,5)6)9-16(12)22(19,20)18-10-13(2)21-14(3)11-18/h7-9,13-14H,10-11H2,1-6H3. The first kappa shape index (κ1) is 17.4. The van der Waals surface area contributed by atoms with Gasteiger partial charge in [-0.2, -0.15) is 4.31 Å². The van der Waals surface area contributed by atoms with Crippen LogP contribution in [0.2, 0.25) is 0 Å². The molecular weight excluding hydrogens is 298 g/mol. The Morgan fingerprint density at radius 1 is 1.14 bits per heavy atom. The van der Waals surface area contributed by atoms with Crippen LogP contribution in [0.15, 0.2) is 23.1 Å². The average molecular weight is 325 g/mol. The fraction of sp³-hybridized carbons (Fsp3) is 0.647. The molecule has 0 aromatic heterocycles. The lowest BCUT2D eigenvalue weighted by molar-refractivity contribution is -0.0441. The van der Waals surface area contributed by atoms with Crippen LogP contribution in [0.4, 0.5) is 0 Å². The third-order valence-corrected chi connectivity index (χ3v) is 6.03. The molecule has 0 amide bonds. The maximum atomic E-state index is 13.0. The molecule has 0 spiro atoms. The van der Waals surface area contributed by atoms with E-state index in [4.69, 9.17) is 4.74 Å². The molecule has 1 aliphatic heterocycles. The van der Waals surface area contributed by atoms with E-state index in [-0.39, 0.29) is 17.6 Å². The maximum Gasteiger partial charge on any atom is 0.243 e. The Kier molecular flexibility index (Phi) is 4.71. The number of benzene rings is 1. The number of hydrogen-bond donors (Lipinski definition) is 0. The van der Waals surface area contributed by atoms with Crippen LogP contribution in [-0.2, 0) is 20.2 Å². The van der Waals surface area contributed by atoms with Crippen molar-refractivity contribution in [1.29, 1.82) is 0 Å². The van der Waals surface area contributed by atoms with Crippen LogP contribution in [0.25, 0.3) is 0 Å². The summed E-state index contributed by atoms with van der Waals surface area (Å²) in [5, 5.41) is 0. The van der Waals surface area contributed by atoms with Gasteiger partial charge in [0.1, 0.15) is 0 Å². The Hall–Kier alpha value is -0.910. The summed E-state index contributed by atoms with van der Waals surface area (Å²) in [6, 6.07) is 5.75. The Balaban J connectivity index is 2.45. The highest BCUT2D eigenvalue weighted by molar-refractivity contribution is 7.89. The van der Waals surface area contributed by atoms with Gasteiger partial charge in [-0.25, -0.2) is 8.42 Å². The molecule has 0 bridgehead atoms. The molecule has 0 aliphatic carbocycles. The minimum Gasteiger partial charge on any atom is -0.373 e. The van der Waals surface area contributed by atoms with E-state index in [2.05, 4.69) is 20.8 Å². The van der Waals surface area contributed by atoms with Crippen LogP contribution in [0.5, 0.6) is 0 Å². The van der Waals surface area contributed by atoms with Crippen molar-refractivity contribution in [1.82, 2.24) is 4.31 Å². The van der Waals surface area contributed by atoms with Gasteiger partial charge in [0.15, 0.2) is 0 Å². The molecule has 5 heteroatoms. The lowest BCUT2D eigenvalue weighted by Gasteiger charge is -2.35. The van der Waals surface area contributed by atoms with E-state index in [1.54, 1.807) is 4.31 Å². The van der Waals surface area contributed by atoms with Gasteiger partial charge in [-0.15, -0.1) is 0 Å². The molecule has 0 radical (unpaired) electrons. The number of aryl methyl sites for hydroxylation is 1. The van der Waals surface area contributed by atoms with Crippen LogP contribution in [0.3, 0.4) is 0 Å². The second kappa shape index (κ2) is 5.95. The van der Waals surface area contributed by atoms with Crippen LogP contribution >= 0.6 is 0 Å². The van der Waals surface area contributed by atoms with E-state index in [9.17, 15) is 8.42 Å². The molecule has 0 saturated carbocycles. The first-order valence-corrected chi connectivity index (χ1v) is 9.22. The van der Waals surface area contributed by atoms with Crippen LogP contribution < -0.4 is 0 Å². The smallest absolute Gasteiger partial charge is 0.243 e. The maximum absolute atomic E-state index is 13.0. The zero-order chi connectivity index (χ0) is 16.7. The highest BCUT2D eigenvalue weighted by Crippen LogP contribution is 2.29. The summed E-state index contributed by atoms with van der Waals surface area (Å²) in [7, 11) is -3.49. The summed E-state index contributed by atoms with van der Waals surface area (Å²) in [4.78, 5) is 0.418. The quantitative estimate of drug-likeness (QED) is 0.839. The predicted molar refractivity (Wildman–Crippen MR) is 88.6 cm³/mol. The molecule has 22 heavy (non-hydrogen) atoms. The number of rotatable bonds is 2. The van der Waals surface area contributed by atoms with Gasteiger partial charge in [-0.1, -0.05) is 32.9 Å². The lowest BCUT2D eigenvalue weighted by Crippen LogP contribution is -2.48. The highest BCUT2D eigenvalue weighted by Gasteiger charge is 2.33. The normalized spacial score (nSPS) is 24.5. The largest absolute Gasteiger partial charge is 0.373 e. The number of nitrogens with zero attached hydrogens (tertiary/aromatic N) is 1. The van der Waals surface area contributed by atoms with Crippen LogP contribution in [0.1, 0.15) is 45.7 Å². The van der Waals surface area contributed by atoms with Gasteiger partial charge in [-0.3, -0.25) is 0 Å². The van der Waals surface area contributed by atoms with E-state index in [1.165, 1.54) is 0 Å². The Labute approximate surface area is 134 Å². The summed E-state index contributed by atoms with van der Waals surface area (Å²) in [6.07, 6.45) is -0.158. The zero-order valence-corrected chi connectivity index (χ0v) is 15.2. The summed E-state index contributed by atoms with van der Waals surface area (Å²) in [5.41, 5.74) is 1.75. The number of hydrogen-bond acceptors (Lipinski definition) is 3. The van der Waals surface area contributed by atoms with Crippen LogP contribution in [0, 0.1) is 6.92 Å². The van der Waals surface area contributed by atoms with E-state index in [1.807, 2.05) is 39.0 Å². The van der Waals surface area contributed by atoms with Crippen LogP contribution in [-0.4, -0.2) is 38.0 Å². The molecule has 2 rings (SSSR count). The Morgan fingerprint density at radius 2 is 1.68 bits per heavy atom. The minimum absolute atomic E-state index is 0.0790. The predicted octanol–water partition coefficient (Wildman–Crippen LogP) is 3.09. The number of ether oxygens (including phenoxy) is 1. The first-order chi connectivity index (χ1) is 10.0. The monoisotopic (exact) mass is 325 g/mol. The molecule has 1 fully saturated rings. The molecule has 2 unspecified atom stereocenters. The first-order valence-electron chi connectivity index (χ1n) is 7.78. The van der Waals surface area contributed by atoms with Gasteiger partial charge in [0.05, 0.1) is 17.1 Å². The molecule has 4 nitrogen and oxygen atoms in total. The van der Waals surface area contributed by atoms with Gasteiger partial charge >= 0.3 is 0 Å². The van der Waals surface area contributed by atoms with Gasteiger partial charge in [0.2, 0.25) is 10.0 Å². The fourth-order valence-electron chi connectivity index (χ4n) is 2.81. The van der Waals surface area contributed by atoms with Gasteiger partial charge in [-0.05, 0) is 43.4 Å². The molecule has 0 N–H and O–H groups in total. The third kappa shape index (κ3) is 3.53. The number of sulfonamides is 1. The van der Waals surface area contributed by atoms with Gasteiger partial charge in [0, 0.05) is 13.1 Å². The van der Waals surface area contributed by atoms with Crippen molar-refractivity contribution in [2.75, 3.05) is 13.1 Å². The van der Waals surface area contributed by atoms with Crippen molar-refractivity contribution in [3.05, 3.63) is 29.3 Å². The zero-order valence-electron chi connectivity index (χ0n) is 14.4. The minimum atomic E-state index is -3.49. The molecule has 1 saturated heterocycles. The van der Waals surface area contributed by atoms with E-state index in [0.717, 1.165) is 11.1 Å². The molecule has 1 aromatic rings. The van der Waals surface area contributed by atoms with E-state index in [0.29, 0.717) is 18.0 Å². The molecule has 1 aliphatic rings. The summed E-state index contributed by atoms with van der Waals surface area (Å²) < 4.78 is 33.3. The second-order valence-electron chi connectivity index (χ2n) is 7.31. The second-order valence-corrected chi connectivity index (χ2v) is 9.22. The topological polar surface area (TPSA) is 46.6 Å². The van der Waals surface area contributed by atoms with E-state index >= 15 is 0 Å². The highest BCUT2D eigenvalue weighted by atomic mass is 32.2. The van der Waals surface area contributed by atoms with Gasteiger partial charge in [0.25, 0.3) is 0 Å². The molecule has 2 atom stereocenters.